The SMILES string of the molecule is Cc1ccc2oc(C(=O)NN=Cc3c(Cl)n(C)c4ccccc34)cc2c1. The topological polar surface area (TPSA) is 59.5 Å². The van der Waals surface area contributed by atoms with Crippen LogP contribution in [0.3, 0.4) is 0 Å². The van der Waals surface area contributed by atoms with Gasteiger partial charge in [0.1, 0.15) is 10.7 Å². The van der Waals surface area contributed by atoms with Gasteiger partial charge in [0.2, 0.25) is 0 Å². The van der Waals surface area contributed by atoms with E-state index in [1.807, 2.05) is 61.0 Å². The Morgan fingerprint density at radius 3 is 2.88 bits per heavy atom. The van der Waals surface area contributed by atoms with Crippen LogP contribution in [0.5, 0.6) is 0 Å². The largest absolute Gasteiger partial charge is 0.451 e. The van der Waals surface area contributed by atoms with Crippen molar-refractivity contribution in [3.05, 3.63) is 70.6 Å². The molecule has 0 aliphatic carbocycles. The number of para-hydroxylation sites is 1. The number of aryl methyl sites for hydroxylation is 2. The standard InChI is InChI=1S/C20H16ClN3O2/c1-12-7-8-17-13(9-12)10-18(26-17)20(25)23-22-11-15-14-5-3-4-6-16(14)24(2)19(15)21/h3-11H,1-2H3,(H,23,25). The van der Waals surface area contributed by atoms with Crippen molar-refractivity contribution in [1.29, 1.82) is 0 Å². The zero-order chi connectivity index (χ0) is 18.3. The lowest BCUT2D eigenvalue weighted by Crippen LogP contribution is -2.16. The number of aromatic nitrogens is 1. The Balaban J connectivity index is 1.58. The molecular weight excluding hydrogens is 350 g/mol. The summed E-state index contributed by atoms with van der Waals surface area (Å²) in [4.78, 5) is 12.3. The Hall–Kier alpha value is -3.05. The summed E-state index contributed by atoms with van der Waals surface area (Å²) in [5.74, 6) is -0.196. The van der Waals surface area contributed by atoms with Crippen LogP contribution < -0.4 is 5.43 Å². The van der Waals surface area contributed by atoms with Gasteiger partial charge in [-0.3, -0.25) is 4.79 Å². The van der Waals surface area contributed by atoms with E-state index in [0.717, 1.165) is 27.4 Å². The number of hydrogen-bond donors (Lipinski definition) is 1. The molecule has 5 nitrogen and oxygen atoms in total. The van der Waals surface area contributed by atoms with Crippen molar-refractivity contribution in [3.63, 3.8) is 0 Å². The van der Waals surface area contributed by atoms with Crippen molar-refractivity contribution in [1.82, 2.24) is 9.99 Å². The fourth-order valence-electron chi connectivity index (χ4n) is 3.00. The van der Waals surface area contributed by atoms with Gasteiger partial charge in [0, 0.05) is 28.9 Å². The van der Waals surface area contributed by atoms with E-state index in [0.29, 0.717) is 10.7 Å². The van der Waals surface area contributed by atoms with Gasteiger partial charge in [0.05, 0.1) is 6.21 Å². The molecule has 0 aliphatic heterocycles. The van der Waals surface area contributed by atoms with Crippen LogP contribution >= 0.6 is 11.6 Å². The van der Waals surface area contributed by atoms with Gasteiger partial charge in [-0.1, -0.05) is 41.4 Å². The molecule has 6 heteroatoms. The Morgan fingerprint density at radius 2 is 2.04 bits per heavy atom. The minimum Gasteiger partial charge on any atom is -0.451 e. The lowest BCUT2D eigenvalue weighted by atomic mass is 10.2. The van der Waals surface area contributed by atoms with Gasteiger partial charge in [0.25, 0.3) is 0 Å². The van der Waals surface area contributed by atoms with E-state index >= 15 is 0 Å². The van der Waals surface area contributed by atoms with Crippen molar-refractivity contribution < 1.29 is 9.21 Å². The summed E-state index contributed by atoms with van der Waals surface area (Å²) in [6.07, 6.45) is 1.55. The van der Waals surface area contributed by atoms with Crippen LogP contribution in [0.25, 0.3) is 21.9 Å². The number of hydrazone groups is 1. The molecule has 2 heterocycles. The third kappa shape index (κ3) is 2.76. The summed E-state index contributed by atoms with van der Waals surface area (Å²) in [6, 6.07) is 15.3. The lowest BCUT2D eigenvalue weighted by Gasteiger charge is -1.96. The van der Waals surface area contributed by atoms with Crippen LogP contribution in [0.15, 0.2) is 58.0 Å². The average Bonchev–Trinajstić information content (AvgIpc) is 3.16. The Labute approximate surface area is 154 Å². The van der Waals surface area contributed by atoms with E-state index < -0.39 is 5.91 Å². The number of carbonyl (C=O) groups excluding carboxylic acids is 1. The van der Waals surface area contributed by atoms with Gasteiger partial charge in [-0.05, 0) is 31.2 Å². The summed E-state index contributed by atoms with van der Waals surface area (Å²) in [6.45, 7) is 1.99. The van der Waals surface area contributed by atoms with Crippen molar-refractivity contribution >= 4 is 45.6 Å². The van der Waals surface area contributed by atoms with Gasteiger partial charge in [-0.25, -0.2) is 5.43 Å². The first-order chi connectivity index (χ1) is 12.5. The highest BCUT2D eigenvalue weighted by Gasteiger charge is 2.13. The summed E-state index contributed by atoms with van der Waals surface area (Å²) in [7, 11) is 1.89. The molecule has 2 aromatic heterocycles. The van der Waals surface area contributed by atoms with Crippen molar-refractivity contribution in [2.75, 3.05) is 0 Å². The maximum Gasteiger partial charge on any atom is 0.307 e. The number of furan rings is 1. The number of hydrogen-bond acceptors (Lipinski definition) is 3. The van der Waals surface area contributed by atoms with E-state index in [1.165, 1.54) is 0 Å². The highest BCUT2D eigenvalue weighted by atomic mass is 35.5. The zero-order valence-corrected chi connectivity index (χ0v) is 15.0. The Kier molecular flexibility index (Phi) is 4.01. The molecule has 4 aromatic rings. The van der Waals surface area contributed by atoms with E-state index in [4.69, 9.17) is 16.0 Å². The molecule has 0 aliphatic rings. The average molecular weight is 366 g/mol. The van der Waals surface area contributed by atoms with Crippen molar-refractivity contribution in [3.8, 4) is 0 Å². The van der Waals surface area contributed by atoms with Gasteiger partial charge >= 0.3 is 5.91 Å². The van der Waals surface area contributed by atoms with Crippen molar-refractivity contribution in [2.45, 2.75) is 6.92 Å². The van der Waals surface area contributed by atoms with Gasteiger partial charge in [-0.15, -0.1) is 0 Å². The first-order valence-corrected chi connectivity index (χ1v) is 8.49. The maximum atomic E-state index is 12.3. The molecule has 1 N–H and O–H groups in total. The predicted molar refractivity (Wildman–Crippen MR) is 104 cm³/mol. The van der Waals surface area contributed by atoms with E-state index in [1.54, 1.807) is 12.3 Å². The minimum absolute atomic E-state index is 0.215. The van der Waals surface area contributed by atoms with Gasteiger partial charge < -0.3 is 8.98 Å². The maximum absolute atomic E-state index is 12.3. The summed E-state index contributed by atoms with van der Waals surface area (Å²) >= 11 is 6.38. The zero-order valence-electron chi connectivity index (χ0n) is 14.3. The van der Waals surface area contributed by atoms with Crippen molar-refractivity contribution in [2.24, 2.45) is 12.1 Å². The second kappa shape index (κ2) is 6.35. The number of nitrogens with one attached hydrogen (secondary N) is 1. The monoisotopic (exact) mass is 365 g/mol. The highest BCUT2D eigenvalue weighted by Crippen LogP contribution is 2.27. The summed E-state index contributed by atoms with van der Waals surface area (Å²) in [5.41, 5.74) is 6.02. The predicted octanol–water partition coefficient (Wildman–Crippen LogP) is 4.65. The Bertz CT molecular complexity index is 1170. The molecule has 0 saturated heterocycles. The van der Waals surface area contributed by atoms with Crippen LogP contribution in [-0.4, -0.2) is 16.7 Å². The van der Waals surface area contributed by atoms with Crippen LogP contribution in [-0.2, 0) is 7.05 Å². The lowest BCUT2D eigenvalue weighted by molar-refractivity contribution is 0.0929. The molecule has 0 bridgehead atoms. The molecule has 0 radical (unpaired) electrons. The summed E-state index contributed by atoms with van der Waals surface area (Å²) in [5, 5.41) is 6.46. The number of halogens is 1. The van der Waals surface area contributed by atoms with Crippen LogP contribution in [0.1, 0.15) is 21.7 Å². The second-order valence-electron chi connectivity index (χ2n) is 6.13. The molecule has 4 rings (SSSR count). The highest BCUT2D eigenvalue weighted by molar-refractivity contribution is 6.34. The Morgan fingerprint density at radius 1 is 1.23 bits per heavy atom. The molecule has 0 fully saturated rings. The molecule has 0 spiro atoms. The first kappa shape index (κ1) is 16.4. The third-order valence-electron chi connectivity index (χ3n) is 4.33. The summed E-state index contributed by atoms with van der Waals surface area (Å²) < 4.78 is 7.45. The molecule has 26 heavy (non-hydrogen) atoms. The van der Waals surface area contributed by atoms with E-state index in [-0.39, 0.29) is 5.76 Å². The number of nitrogens with zero attached hydrogens (tertiary/aromatic N) is 2. The quantitative estimate of drug-likeness (QED) is 0.424. The normalized spacial score (nSPS) is 11.7. The van der Waals surface area contributed by atoms with E-state index in [9.17, 15) is 4.79 Å². The minimum atomic E-state index is -0.411. The number of amides is 1. The molecule has 2 aromatic carbocycles. The van der Waals surface area contributed by atoms with Crippen LogP contribution in [0.4, 0.5) is 0 Å². The van der Waals surface area contributed by atoms with Crippen LogP contribution in [0, 0.1) is 6.92 Å². The number of fused-ring (bicyclic) bond motifs is 2. The van der Waals surface area contributed by atoms with Crippen LogP contribution in [0.2, 0.25) is 5.15 Å². The third-order valence-corrected chi connectivity index (χ3v) is 4.78. The first-order valence-electron chi connectivity index (χ1n) is 8.11. The number of benzene rings is 2. The molecule has 0 saturated carbocycles. The van der Waals surface area contributed by atoms with Gasteiger partial charge in [-0.2, -0.15) is 5.10 Å². The van der Waals surface area contributed by atoms with Gasteiger partial charge in [0.15, 0.2) is 5.76 Å². The molecule has 0 atom stereocenters. The number of rotatable bonds is 3. The molecule has 130 valence electrons. The van der Waals surface area contributed by atoms with E-state index in [2.05, 4.69) is 10.5 Å². The second-order valence-corrected chi connectivity index (χ2v) is 6.49. The fourth-order valence-corrected chi connectivity index (χ4v) is 3.24. The number of carbonyl (C=O) groups is 1. The fraction of sp³-hybridized carbons (Fsp3) is 0.100. The smallest absolute Gasteiger partial charge is 0.307 e. The molecule has 0 unspecified atom stereocenters. The molecule has 1 amide bonds. The molecular formula is C20H16ClN3O2.